The van der Waals surface area contributed by atoms with Crippen LogP contribution in [0.25, 0.3) is 0 Å². The molecule has 10 amide bonds. The Morgan fingerprint density at radius 1 is 0.655 bits per heavy atom. The van der Waals surface area contributed by atoms with Gasteiger partial charge in [0.25, 0.3) is 0 Å². The number of phenolic OH excluding ortho intramolecular Hbond substituents is 1. The number of primary amides is 1. The Labute approximate surface area is 503 Å². The fraction of sp³-hybridized carbons (Fsp3) is 0.467. The molecule has 1 aromatic heterocycles. The number of benzene rings is 3. The smallest absolute Gasteiger partial charge is 0.326 e. The van der Waals surface area contributed by atoms with Crippen molar-refractivity contribution in [2.24, 2.45) is 23.3 Å². The molecule has 10 atom stereocenters. The zero-order valence-electron chi connectivity index (χ0n) is 49.2. The predicted molar refractivity (Wildman–Crippen MR) is 316 cm³/mol. The Kier molecular flexibility index (Phi) is 26.8. The van der Waals surface area contributed by atoms with Gasteiger partial charge in [-0.05, 0) is 72.8 Å². The first-order chi connectivity index (χ1) is 41.5. The van der Waals surface area contributed by atoms with Crippen LogP contribution >= 0.6 is 0 Å². The first kappa shape index (κ1) is 68.5. The predicted octanol–water partition coefficient (Wildman–Crippen LogP) is -1.35. The number of aromatic hydroxyl groups is 1. The lowest BCUT2D eigenvalue weighted by Crippen LogP contribution is -2.60. The van der Waals surface area contributed by atoms with Gasteiger partial charge in [0.2, 0.25) is 59.1 Å². The number of aliphatic hydroxyl groups is 1. The van der Waals surface area contributed by atoms with Crippen LogP contribution < -0.4 is 54.0 Å². The minimum Gasteiger partial charge on any atom is -0.508 e. The van der Waals surface area contributed by atoms with Gasteiger partial charge in [-0.25, -0.2) is 9.78 Å². The monoisotopic (exact) mass is 1210 g/mol. The highest BCUT2D eigenvalue weighted by Crippen LogP contribution is 2.21. The number of nitrogens with one attached hydrogen (secondary N) is 9. The fourth-order valence-corrected chi connectivity index (χ4v) is 9.72. The lowest BCUT2D eigenvalue weighted by atomic mass is 9.99. The maximum atomic E-state index is 14.5. The number of rotatable bonds is 34. The van der Waals surface area contributed by atoms with Gasteiger partial charge < -0.3 is 79.2 Å². The summed E-state index contributed by atoms with van der Waals surface area (Å²) in [5.74, 6) is -10.5. The van der Waals surface area contributed by atoms with E-state index >= 15 is 0 Å². The molecule has 2 heterocycles. The van der Waals surface area contributed by atoms with E-state index in [4.69, 9.17) is 11.5 Å². The van der Waals surface area contributed by atoms with Crippen molar-refractivity contribution in [3.63, 3.8) is 0 Å². The third kappa shape index (κ3) is 22.0. The SMILES string of the molecule is CC[C@H](C)[C@H](NC(=O)[C@H](CO)NC(=O)[C@H](Cc1ccc(O)cc1)NC(=O)CNC(=O)[C@H](Cc1ccccc1)NC(=O)[C@H](CC(C)C)NC(=O)[C@H](Cc1cnc[nH]1)NC(=O)[C@H](CCC(N)=O)NC(=O)[C@@H]1CCCN1C(=O)[C@@H](N)Cc1ccccc1)C(=O)O. The third-order valence-electron chi connectivity index (χ3n) is 14.7. The van der Waals surface area contributed by atoms with E-state index in [1.807, 2.05) is 30.3 Å². The second kappa shape index (κ2) is 34.0. The van der Waals surface area contributed by atoms with Gasteiger partial charge in [0.15, 0.2) is 0 Å². The normalized spacial score (nSPS) is 16.0. The number of aromatic nitrogens is 2. The molecule has 0 aliphatic carbocycles. The molecule has 0 radical (unpaired) electrons. The Bertz CT molecular complexity index is 2970. The molecule has 27 heteroatoms. The summed E-state index contributed by atoms with van der Waals surface area (Å²) >= 11 is 0. The van der Waals surface area contributed by atoms with E-state index in [0.717, 1.165) is 5.56 Å². The molecule has 4 aromatic rings. The number of H-pyrrole nitrogens is 1. The molecule has 0 saturated carbocycles. The second-order valence-corrected chi connectivity index (χ2v) is 22.0. The van der Waals surface area contributed by atoms with Crippen LogP contribution in [0.1, 0.15) is 88.6 Å². The van der Waals surface area contributed by atoms with Gasteiger partial charge >= 0.3 is 5.97 Å². The minimum atomic E-state index is -1.65. The van der Waals surface area contributed by atoms with E-state index in [1.54, 1.807) is 58.0 Å². The summed E-state index contributed by atoms with van der Waals surface area (Å²) in [5, 5.41) is 50.2. The van der Waals surface area contributed by atoms with Gasteiger partial charge in [0.1, 0.15) is 54.1 Å². The number of imidazole rings is 1. The average Bonchev–Trinajstić information content (AvgIpc) is 3.51. The molecule has 27 nitrogen and oxygen atoms in total. The van der Waals surface area contributed by atoms with Crippen molar-refractivity contribution in [2.75, 3.05) is 19.7 Å². The third-order valence-corrected chi connectivity index (χ3v) is 14.7. The largest absolute Gasteiger partial charge is 0.508 e. The van der Waals surface area contributed by atoms with Crippen molar-refractivity contribution in [3.05, 3.63) is 120 Å². The Balaban J connectivity index is 1.32. The van der Waals surface area contributed by atoms with E-state index in [9.17, 15) is 68.1 Å². The number of aromatic amines is 1. The summed E-state index contributed by atoms with van der Waals surface area (Å²) in [5.41, 5.74) is 14.0. The van der Waals surface area contributed by atoms with Gasteiger partial charge in [0.05, 0.1) is 25.5 Å². The number of hydrogen-bond acceptors (Lipinski definition) is 15. The van der Waals surface area contributed by atoms with Crippen molar-refractivity contribution in [2.45, 2.75) is 146 Å². The van der Waals surface area contributed by atoms with Crippen LogP contribution in [0.3, 0.4) is 0 Å². The summed E-state index contributed by atoms with van der Waals surface area (Å²) in [7, 11) is 0. The van der Waals surface area contributed by atoms with Crippen molar-refractivity contribution < 1.29 is 68.1 Å². The van der Waals surface area contributed by atoms with Gasteiger partial charge in [-0.3, -0.25) is 47.9 Å². The number of nitrogens with zero attached hydrogens (tertiary/aromatic N) is 2. The number of carbonyl (C=O) groups excluding carboxylic acids is 10. The molecule has 16 N–H and O–H groups in total. The van der Waals surface area contributed by atoms with E-state index in [2.05, 4.69) is 52.5 Å². The van der Waals surface area contributed by atoms with Crippen molar-refractivity contribution in [3.8, 4) is 5.75 Å². The molecule has 87 heavy (non-hydrogen) atoms. The van der Waals surface area contributed by atoms with E-state index in [-0.39, 0.29) is 69.6 Å². The molecule has 1 saturated heterocycles. The molecule has 5 rings (SSSR count). The first-order valence-electron chi connectivity index (χ1n) is 28.9. The van der Waals surface area contributed by atoms with Gasteiger partial charge in [-0.15, -0.1) is 0 Å². The van der Waals surface area contributed by atoms with E-state index in [1.165, 1.54) is 41.7 Å². The maximum absolute atomic E-state index is 14.5. The maximum Gasteiger partial charge on any atom is 0.326 e. The lowest BCUT2D eigenvalue weighted by Gasteiger charge is -2.29. The van der Waals surface area contributed by atoms with Crippen LogP contribution in [-0.2, 0) is 78.4 Å². The van der Waals surface area contributed by atoms with Crippen LogP contribution in [0.4, 0.5) is 0 Å². The van der Waals surface area contributed by atoms with Crippen LogP contribution in [-0.4, -0.2) is 169 Å². The average molecular weight is 1210 g/mol. The number of aliphatic carboxylic acids is 1. The van der Waals surface area contributed by atoms with Gasteiger partial charge in [0, 0.05) is 44.1 Å². The number of carbonyl (C=O) groups is 11. The summed E-state index contributed by atoms with van der Waals surface area (Å²) in [6.07, 6.45) is 2.89. The minimum absolute atomic E-state index is 0.00850. The molecule has 1 aliphatic rings. The summed E-state index contributed by atoms with van der Waals surface area (Å²) < 4.78 is 0. The number of likely N-dealkylation sites (tertiary alicyclic amines) is 1. The molecule has 470 valence electrons. The summed E-state index contributed by atoms with van der Waals surface area (Å²) in [6.45, 7) is 5.40. The standard InChI is InChI=1S/C60H81N13O14/c1-5-35(4)51(60(86)87)72-57(83)47(32-74)71-55(81)45(28-38-18-20-40(75)21-19-38)66-50(77)31-64-52(78)44(27-37-15-10-7-11-16-37)69-54(80)43(25-34(2)3)68-56(82)46(29-39-30-63-33-65-39)70-53(79)42(22-23-49(62)76)67-58(84)48-17-12-24-73(48)59(85)41(61)26-36-13-8-6-9-14-36/h6-11,13-16,18-21,30,33-35,41-48,51,74-75H,5,12,17,22-29,31-32,61H2,1-4H3,(H2,62,76)(H,63,65)(H,64,78)(H,66,77)(H,67,84)(H,68,82)(H,69,80)(H,70,79)(H,71,81)(H,72,83)(H,86,87)/t35-,41-,42-,43-,44-,45-,46-,47-,48-,51-/m0/s1. The molecular formula is C60H81N13O14. The highest BCUT2D eigenvalue weighted by atomic mass is 16.4. The highest BCUT2D eigenvalue weighted by molar-refractivity contribution is 5.98. The number of phenols is 1. The second-order valence-electron chi connectivity index (χ2n) is 22.0. The van der Waals surface area contributed by atoms with E-state index in [0.29, 0.717) is 29.7 Å². The number of hydrogen-bond donors (Lipinski definition) is 14. The van der Waals surface area contributed by atoms with Crippen LogP contribution in [0, 0.1) is 11.8 Å². The van der Waals surface area contributed by atoms with Crippen molar-refractivity contribution >= 4 is 65.0 Å². The molecule has 1 aliphatic heterocycles. The number of nitrogens with two attached hydrogens (primary N) is 2. The summed E-state index contributed by atoms with van der Waals surface area (Å²) in [4.78, 5) is 158. The number of carboxylic acid groups (broad SMARTS) is 1. The van der Waals surface area contributed by atoms with Crippen LogP contribution in [0.5, 0.6) is 5.75 Å². The fourth-order valence-electron chi connectivity index (χ4n) is 9.72. The number of aliphatic hydroxyl groups excluding tert-OH is 1. The molecule has 0 unspecified atom stereocenters. The topological polar surface area (TPSA) is 429 Å². The number of carboxylic acids is 1. The highest BCUT2D eigenvalue weighted by Gasteiger charge is 2.39. The summed E-state index contributed by atoms with van der Waals surface area (Å²) in [6, 6.07) is 11.2. The number of amides is 10. The van der Waals surface area contributed by atoms with Crippen molar-refractivity contribution in [1.82, 2.24) is 57.4 Å². The Hall–Kier alpha value is -9.24. The van der Waals surface area contributed by atoms with Gasteiger partial charge in [-0.1, -0.05) is 107 Å². The molecule has 0 spiro atoms. The Morgan fingerprint density at radius 2 is 1.18 bits per heavy atom. The zero-order valence-corrected chi connectivity index (χ0v) is 49.2. The van der Waals surface area contributed by atoms with Gasteiger partial charge in [-0.2, -0.15) is 0 Å². The first-order valence-corrected chi connectivity index (χ1v) is 28.9. The quantitative estimate of drug-likeness (QED) is 0.0257. The van der Waals surface area contributed by atoms with E-state index < -0.39 is 138 Å². The molecule has 0 bridgehead atoms. The zero-order chi connectivity index (χ0) is 63.7. The Morgan fingerprint density at radius 3 is 1.74 bits per heavy atom. The molecule has 3 aromatic carbocycles. The van der Waals surface area contributed by atoms with Crippen molar-refractivity contribution in [1.29, 1.82) is 0 Å². The lowest BCUT2D eigenvalue weighted by molar-refractivity contribution is -0.144. The molecular weight excluding hydrogens is 1130 g/mol. The van der Waals surface area contributed by atoms with Crippen LogP contribution in [0.2, 0.25) is 0 Å². The van der Waals surface area contributed by atoms with Crippen LogP contribution in [0.15, 0.2) is 97.5 Å². The molecule has 1 fully saturated rings.